The number of benzene rings is 1. The zero-order chi connectivity index (χ0) is 11.4. The zero-order valence-corrected chi connectivity index (χ0v) is 10.2. The van der Waals surface area contributed by atoms with Crippen molar-refractivity contribution in [1.82, 2.24) is 0 Å². The highest BCUT2D eigenvalue weighted by atomic mass is 15.2. The van der Waals surface area contributed by atoms with Gasteiger partial charge in [0.2, 0.25) is 0 Å². The summed E-state index contributed by atoms with van der Waals surface area (Å²) in [7, 11) is 0. The van der Waals surface area contributed by atoms with Gasteiger partial charge in [0.15, 0.2) is 0 Å². The number of hydrogen-bond acceptors (Lipinski definition) is 2. The van der Waals surface area contributed by atoms with Crippen molar-refractivity contribution < 1.29 is 0 Å². The van der Waals surface area contributed by atoms with Crippen molar-refractivity contribution in [2.75, 3.05) is 17.2 Å². The zero-order valence-electron chi connectivity index (χ0n) is 10.2. The van der Waals surface area contributed by atoms with Crippen molar-refractivity contribution in [3.63, 3.8) is 0 Å². The van der Waals surface area contributed by atoms with Crippen molar-refractivity contribution in [3.05, 3.63) is 23.8 Å². The fraction of sp³-hybridized carbons (Fsp3) is 0.538. The number of nitrogens with zero attached hydrogens (tertiary/aromatic N) is 1. The molecule has 0 aliphatic rings. The van der Waals surface area contributed by atoms with Gasteiger partial charge in [0, 0.05) is 12.6 Å². The van der Waals surface area contributed by atoms with Crippen LogP contribution in [0.4, 0.5) is 11.4 Å². The van der Waals surface area contributed by atoms with E-state index in [2.05, 4.69) is 44.7 Å². The minimum atomic E-state index is 0.494. The second-order valence-electron chi connectivity index (χ2n) is 4.35. The molecule has 2 heteroatoms. The SMILES string of the molecule is CCCN(c1cc(C)ccc1N)C(C)C. The number of anilines is 2. The van der Waals surface area contributed by atoms with Crippen molar-refractivity contribution in [2.45, 2.75) is 40.2 Å². The summed E-state index contributed by atoms with van der Waals surface area (Å²) in [4.78, 5) is 2.36. The molecule has 2 nitrogen and oxygen atoms in total. The number of rotatable bonds is 4. The Kier molecular flexibility index (Phi) is 4.01. The highest BCUT2D eigenvalue weighted by Gasteiger charge is 2.12. The molecule has 2 N–H and O–H groups in total. The van der Waals surface area contributed by atoms with Gasteiger partial charge in [-0.05, 0) is 44.9 Å². The highest BCUT2D eigenvalue weighted by molar-refractivity contribution is 5.68. The first-order valence-electron chi connectivity index (χ1n) is 5.69. The molecule has 0 aromatic heterocycles. The summed E-state index contributed by atoms with van der Waals surface area (Å²) in [5, 5.41) is 0. The Balaban J connectivity index is 3.04. The molecule has 1 rings (SSSR count). The Labute approximate surface area is 93.1 Å². The predicted octanol–water partition coefficient (Wildman–Crippen LogP) is 3.20. The van der Waals surface area contributed by atoms with Crippen LogP contribution >= 0.6 is 0 Å². The third-order valence-electron chi connectivity index (χ3n) is 2.58. The van der Waals surface area contributed by atoms with Crippen LogP contribution in [0.5, 0.6) is 0 Å². The van der Waals surface area contributed by atoms with Crippen LogP contribution in [0.15, 0.2) is 18.2 Å². The fourth-order valence-corrected chi connectivity index (χ4v) is 1.80. The largest absolute Gasteiger partial charge is 0.397 e. The minimum Gasteiger partial charge on any atom is -0.397 e. The van der Waals surface area contributed by atoms with Crippen molar-refractivity contribution >= 4 is 11.4 Å². The van der Waals surface area contributed by atoms with E-state index in [-0.39, 0.29) is 0 Å². The van der Waals surface area contributed by atoms with E-state index in [9.17, 15) is 0 Å². The van der Waals surface area contributed by atoms with Crippen LogP contribution in [0.25, 0.3) is 0 Å². The summed E-state index contributed by atoms with van der Waals surface area (Å²) < 4.78 is 0. The molecule has 1 aromatic rings. The molecular weight excluding hydrogens is 184 g/mol. The topological polar surface area (TPSA) is 29.3 Å². The molecule has 1 aromatic carbocycles. The Morgan fingerprint density at radius 1 is 1.33 bits per heavy atom. The van der Waals surface area contributed by atoms with Crippen LogP contribution in [-0.2, 0) is 0 Å². The van der Waals surface area contributed by atoms with Crippen LogP contribution in [0, 0.1) is 6.92 Å². The van der Waals surface area contributed by atoms with Gasteiger partial charge in [-0.2, -0.15) is 0 Å². The molecule has 0 bridgehead atoms. The number of nitrogens with two attached hydrogens (primary N) is 1. The summed E-state index contributed by atoms with van der Waals surface area (Å²) in [6.07, 6.45) is 1.14. The predicted molar refractivity (Wildman–Crippen MR) is 68.4 cm³/mol. The van der Waals surface area contributed by atoms with Gasteiger partial charge < -0.3 is 10.6 Å². The molecule has 15 heavy (non-hydrogen) atoms. The second kappa shape index (κ2) is 5.06. The maximum Gasteiger partial charge on any atom is 0.0604 e. The monoisotopic (exact) mass is 206 g/mol. The molecule has 0 saturated heterocycles. The molecule has 84 valence electrons. The van der Waals surface area contributed by atoms with Gasteiger partial charge in [-0.1, -0.05) is 13.0 Å². The quantitative estimate of drug-likeness (QED) is 0.766. The van der Waals surface area contributed by atoms with Crippen LogP contribution in [-0.4, -0.2) is 12.6 Å². The summed E-state index contributed by atoms with van der Waals surface area (Å²) in [6, 6.07) is 6.72. The molecule has 0 amide bonds. The van der Waals surface area contributed by atoms with Gasteiger partial charge in [0.05, 0.1) is 11.4 Å². The standard InChI is InChI=1S/C13H22N2/c1-5-8-15(10(2)3)13-9-11(4)6-7-12(13)14/h6-7,9-10H,5,8,14H2,1-4H3. The van der Waals surface area contributed by atoms with E-state index in [1.165, 1.54) is 11.3 Å². The van der Waals surface area contributed by atoms with E-state index < -0.39 is 0 Å². The Bertz CT molecular complexity index is 318. The number of hydrogen-bond donors (Lipinski definition) is 1. The molecule has 0 spiro atoms. The van der Waals surface area contributed by atoms with Crippen molar-refractivity contribution in [1.29, 1.82) is 0 Å². The third kappa shape index (κ3) is 2.88. The Morgan fingerprint density at radius 3 is 2.53 bits per heavy atom. The van der Waals surface area contributed by atoms with Gasteiger partial charge in [0.25, 0.3) is 0 Å². The Morgan fingerprint density at radius 2 is 2.00 bits per heavy atom. The molecule has 0 aliphatic carbocycles. The first kappa shape index (κ1) is 11.9. The van der Waals surface area contributed by atoms with Gasteiger partial charge in [-0.25, -0.2) is 0 Å². The lowest BCUT2D eigenvalue weighted by Crippen LogP contribution is -2.32. The maximum atomic E-state index is 6.02. The van der Waals surface area contributed by atoms with Gasteiger partial charge in [0.1, 0.15) is 0 Å². The van der Waals surface area contributed by atoms with E-state index in [1.54, 1.807) is 0 Å². The Hall–Kier alpha value is -1.18. The molecule has 0 fully saturated rings. The molecule has 0 unspecified atom stereocenters. The van der Waals surface area contributed by atoms with Crippen LogP contribution in [0.3, 0.4) is 0 Å². The first-order chi connectivity index (χ1) is 7.06. The average Bonchev–Trinajstić information content (AvgIpc) is 2.18. The van der Waals surface area contributed by atoms with Gasteiger partial charge in [-0.15, -0.1) is 0 Å². The second-order valence-corrected chi connectivity index (χ2v) is 4.35. The summed E-state index contributed by atoms with van der Waals surface area (Å²) in [5.74, 6) is 0. The summed E-state index contributed by atoms with van der Waals surface area (Å²) in [6.45, 7) is 9.77. The molecule has 0 radical (unpaired) electrons. The van der Waals surface area contributed by atoms with Crippen LogP contribution in [0.2, 0.25) is 0 Å². The van der Waals surface area contributed by atoms with Crippen molar-refractivity contribution in [2.24, 2.45) is 0 Å². The van der Waals surface area contributed by atoms with E-state index in [0.29, 0.717) is 6.04 Å². The number of nitrogen functional groups attached to an aromatic ring is 1. The molecular formula is C13H22N2. The highest BCUT2D eigenvalue weighted by Crippen LogP contribution is 2.26. The average molecular weight is 206 g/mol. The molecule has 0 aliphatic heterocycles. The number of aryl methyl sites for hydroxylation is 1. The van der Waals surface area contributed by atoms with Crippen LogP contribution in [0.1, 0.15) is 32.8 Å². The lowest BCUT2D eigenvalue weighted by atomic mass is 10.1. The normalized spacial score (nSPS) is 10.7. The van der Waals surface area contributed by atoms with Crippen LogP contribution < -0.4 is 10.6 Å². The lowest BCUT2D eigenvalue weighted by molar-refractivity contribution is 0.672. The smallest absolute Gasteiger partial charge is 0.0604 e. The third-order valence-corrected chi connectivity index (χ3v) is 2.58. The maximum absolute atomic E-state index is 6.02. The van der Waals surface area contributed by atoms with Crippen molar-refractivity contribution in [3.8, 4) is 0 Å². The minimum absolute atomic E-state index is 0.494. The fourth-order valence-electron chi connectivity index (χ4n) is 1.80. The van der Waals surface area contributed by atoms with E-state index in [4.69, 9.17) is 5.73 Å². The molecule has 0 atom stereocenters. The molecule has 0 heterocycles. The van der Waals surface area contributed by atoms with E-state index in [0.717, 1.165) is 18.7 Å². The summed E-state index contributed by atoms with van der Waals surface area (Å²) in [5.41, 5.74) is 9.33. The van der Waals surface area contributed by atoms with E-state index >= 15 is 0 Å². The van der Waals surface area contributed by atoms with Gasteiger partial charge >= 0.3 is 0 Å². The van der Waals surface area contributed by atoms with Gasteiger partial charge in [-0.3, -0.25) is 0 Å². The molecule has 0 saturated carbocycles. The van der Waals surface area contributed by atoms with E-state index in [1.807, 2.05) is 6.07 Å². The first-order valence-corrected chi connectivity index (χ1v) is 5.69. The summed E-state index contributed by atoms with van der Waals surface area (Å²) >= 11 is 0. The lowest BCUT2D eigenvalue weighted by Gasteiger charge is -2.30.